The van der Waals surface area contributed by atoms with Gasteiger partial charge in [-0.05, 0) is 32.1 Å². The van der Waals surface area contributed by atoms with Crippen LogP contribution in [-0.2, 0) is 9.53 Å². The van der Waals surface area contributed by atoms with E-state index < -0.39 is 5.92 Å². The Bertz CT molecular complexity index is 458. The average Bonchev–Trinajstić information content (AvgIpc) is 2.94. The molecule has 1 saturated carbocycles. The standard InChI is InChI=1S/C16H26N2O3/c1-4-7-13(16(19)20-5-2)15-17-14(18-21-15)12-9-6-8-11(3)10-12/h11-13H,4-10H2,1-3H3. The number of esters is 1. The lowest BCUT2D eigenvalue weighted by Crippen LogP contribution is -2.17. The average molecular weight is 294 g/mol. The first-order chi connectivity index (χ1) is 10.2. The molecule has 0 spiro atoms. The number of nitrogens with zero attached hydrogens (tertiary/aromatic N) is 2. The lowest BCUT2D eigenvalue weighted by Gasteiger charge is -2.23. The molecule has 0 N–H and O–H groups in total. The molecule has 0 aromatic carbocycles. The minimum absolute atomic E-state index is 0.258. The van der Waals surface area contributed by atoms with E-state index in [1.54, 1.807) is 0 Å². The summed E-state index contributed by atoms with van der Waals surface area (Å²) < 4.78 is 10.5. The molecule has 3 unspecified atom stereocenters. The van der Waals surface area contributed by atoms with Crippen molar-refractivity contribution in [1.29, 1.82) is 0 Å². The van der Waals surface area contributed by atoms with Crippen molar-refractivity contribution in [2.24, 2.45) is 5.92 Å². The molecule has 0 saturated heterocycles. The fourth-order valence-electron chi connectivity index (χ4n) is 3.10. The number of hydrogen-bond donors (Lipinski definition) is 0. The van der Waals surface area contributed by atoms with Crippen molar-refractivity contribution >= 4 is 5.97 Å². The van der Waals surface area contributed by atoms with Gasteiger partial charge in [0.2, 0.25) is 5.89 Å². The first-order valence-corrected chi connectivity index (χ1v) is 8.15. The quantitative estimate of drug-likeness (QED) is 0.746. The molecule has 5 heteroatoms. The smallest absolute Gasteiger partial charge is 0.318 e. The van der Waals surface area contributed by atoms with Crippen LogP contribution in [0.15, 0.2) is 4.52 Å². The van der Waals surface area contributed by atoms with Gasteiger partial charge in [-0.3, -0.25) is 4.79 Å². The third kappa shape index (κ3) is 4.05. The lowest BCUT2D eigenvalue weighted by atomic mass is 9.82. The second-order valence-electron chi connectivity index (χ2n) is 6.05. The molecule has 5 nitrogen and oxygen atoms in total. The van der Waals surface area contributed by atoms with Gasteiger partial charge >= 0.3 is 5.97 Å². The van der Waals surface area contributed by atoms with Gasteiger partial charge in [-0.15, -0.1) is 0 Å². The van der Waals surface area contributed by atoms with Crippen LogP contribution in [0.25, 0.3) is 0 Å². The van der Waals surface area contributed by atoms with Crippen LogP contribution in [0.5, 0.6) is 0 Å². The summed E-state index contributed by atoms with van der Waals surface area (Å²) in [5, 5.41) is 4.13. The van der Waals surface area contributed by atoms with Gasteiger partial charge in [-0.25, -0.2) is 0 Å². The van der Waals surface area contributed by atoms with Crippen LogP contribution in [0, 0.1) is 5.92 Å². The Kier molecular flexibility index (Phi) is 5.76. The van der Waals surface area contributed by atoms with E-state index in [9.17, 15) is 4.79 Å². The zero-order valence-electron chi connectivity index (χ0n) is 13.3. The predicted molar refractivity (Wildman–Crippen MR) is 79.0 cm³/mol. The van der Waals surface area contributed by atoms with Crippen molar-refractivity contribution in [3.8, 4) is 0 Å². The summed E-state index contributed by atoms with van der Waals surface area (Å²) in [5.74, 6) is 1.59. The van der Waals surface area contributed by atoms with Crippen LogP contribution < -0.4 is 0 Å². The molecule has 1 aliphatic carbocycles. The molecule has 0 amide bonds. The number of rotatable bonds is 6. The molecule has 21 heavy (non-hydrogen) atoms. The maximum atomic E-state index is 12.0. The molecule has 0 radical (unpaired) electrons. The van der Waals surface area contributed by atoms with Crippen LogP contribution in [-0.4, -0.2) is 22.7 Å². The molecule has 1 fully saturated rings. The van der Waals surface area contributed by atoms with Crippen LogP contribution in [0.2, 0.25) is 0 Å². The molecule has 0 bridgehead atoms. The summed E-state index contributed by atoms with van der Waals surface area (Å²) in [5.41, 5.74) is 0. The minimum atomic E-state index is -0.419. The summed E-state index contributed by atoms with van der Waals surface area (Å²) in [6.45, 7) is 6.49. The van der Waals surface area contributed by atoms with E-state index >= 15 is 0 Å². The highest BCUT2D eigenvalue weighted by Gasteiger charge is 2.30. The summed E-state index contributed by atoms with van der Waals surface area (Å²) >= 11 is 0. The predicted octanol–water partition coefficient (Wildman–Crippen LogP) is 3.81. The summed E-state index contributed by atoms with van der Waals surface area (Å²) in [6.07, 6.45) is 6.27. The first-order valence-electron chi connectivity index (χ1n) is 8.15. The van der Waals surface area contributed by atoms with Crippen molar-refractivity contribution in [3.63, 3.8) is 0 Å². The Morgan fingerprint density at radius 2 is 2.24 bits per heavy atom. The molecule has 3 atom stereocenters. The number of hydrogen-bond acceptors (Lipinski definition) is 5. The highest BCUT2D eigenvalue weighted by Crippen LogP contribution is 2.35. The molecule has 2 rings (SSSR count). The second kappa shape index (κ2) is 7.57. The van der Waals surface area contributed by atoms with Crippen LogP contribution in [0.1, 0.15) is 82.8 Å². The van der Waals surface area contributed by atoms with Crippen LogP contribution in [0.3, 0.4) is 0 Å². The second-order valence-corrected chi connectivity index (χ2v) is 6.05. The lowest BCUT2D eigenvalue weighted by molar-refractivity contribution is -0.145. The first kappa shape index (κ1) is 16.0. The topological polar surface area (TPSA) is 65.2 Å². The Morgan fingerprint density at radius 1 is 1.43 bits per heavy atom. The van der Waals surface area contributed by atoms with E-state index in [-0.39, 0.29) is 5.97 Å². The van der Waals surface area contributed by atoms with Gasteiger partial charge < -0.3 is 9.26 Å². The molecule has 1 aromatic heterocycles. The number of ether oxygens (including phenoxy) is 1. The Hall–Kier alpha value is -1.39. The number of aromatic nitrogens is 2. The Balaban J connectivity index is 2.10. The summed E-state index contributed by atoms with van der Waals surface area (Å²) in [6, 6.07) is 0. The maximum absolute atomic E-state index is 12.0. The van der Waals surface area contributed by atoms with Crippen molar-refractivity contribution in [2.45, 2.75) is 71.1 Å². The van der Waals surface area contributed by atoms with Gasteiger partial charge in [-0.1, -0.05) is 38.3 Å². The minimum Gasteiger partial charge on any atom is -0.465 e. The van der Waals surface area contributed by atoms with Gasteiger partial charge in [0.1, 0.15) is 5.92 Å². The van der Waals surface area contributed by atoms with E-state index in [2.05, 4.69) is 17.1 Å². The van der Waals surface area contributed by atoms with Crippen molar-refractivity contribution in [1.82, 2.24) is 10.1 Å². The van der Waals surface area contributed by atoms with E-state index in [4.69, 9.17) is 9.26 Å². The van der Waals surface area contributed by atoms with E-state index in [1.807, 2.05) is 13.8 Å². The van der Waals surface area contributed by atoms with Crippen LogP contribution >= 0.6 is 0 Å². The largest absolute Gasteiger partial charge is 0.465 e. The van der Waals surface area contributed by atoms with Gasteiger partial charge in [0, 0.05) is 5.92 Å². The fourth-order valence-corrected chi connectivity index (χ4v) is 3.10. The molecule has 1 aromatic rings. The number of carbonyl (C=O) groups excluding carboxylic acids is 1. The van der Waals surface area contributed by atoms with Gasteiger partial charge in [0.25, 0.3) is 0 Å². The van der Waals surface area contributed by atoms with Crippen LogP contribution in [0.4, 0.5) is 0 Å². The monoisotopic (exact) mass is 294 g/mol. The normalized spacial score (nSPS) is 23.8. The van der Waals surface area contributed by atoms with Gasteiger partial charge in [0.05, 0.1) is 6.61 Å². The number of carbonyl (C=O) groups is 1. The highest BCUT2D eigenvalue weighted by molar-refractivity contribution is 5.76. The zero-order chi connectivity index (χ0) is 15.2. The van der Waals surface area contributed by atoms with E-state index in [0.29, 0.717) is 30.8 Å². The molecular formula is C16H26N2O3. The fraction of sp³-hybridized carbons (Fsp3) is 0.812. The third-order valence-corrected chi connectivity index (χ3v) is 4.21. The van der Waals surface area contributed by atoms with Crippen molar-refractivity contribution in [2.75, 3.05) is 6.61 Å². The zero-order valence-corrected chi connectivity index (χ0v) is 13.3. The van der Waals surface area contributed by atoms with Crippen molar-refractivity contribution in [3.05, 3.63) is 11.7 Å². The van der Waals surface area contributed by atoms with Gasteiger partial charge in [0.15, 0.2) is 5.82 Å². The van der Waals surface area contributed by atoms with Gasteiger partial charge in [-0.2, -0.15) is 4.98 Å². The van der Waals surface area contributed by atoms with E-state index in [0.717, 1.165) is 25.1 Å². The molecule has 1 aliphatic rings. The molecule has 118 valence electrons. The highest BCUT2D eigenvalue weighted by atomic mass is 16.5. The third-order valence-electron chi connectivity index (χ3n) is 4.21. The molecule has 0 aliphatic heterocycles. The van der Waals surface area contributed by atoms with E-state index in [1.165, 1.54) is 12.8 Å². The Labute approximate surface area is 126 Å². The summed E-state index contributed by atoms with van der Waals surface area (Å²) in [7, 11) is 0. The summed E-state index contributed by atoms with van der Waals surface area (Å²) in [4.78, 5) is 16.5. The molecule has 1 heterocycles. The Morgan fingerprint density at radius 3 is 2.90 bits per heavy atom. The van der Waals surface area contributed by atoms with Crippen molar-refractivity contribution < 1.29 is 14.1 Å². The maximum Gasteiger partial charge on any atom is 0.318 e. The SMILES string of the molecule is CCCC(C(=O)OCC)c1nc(C2CCCC(C)C2)no1. The molecular weight excluding hydrogens is 268 g/mol.